The number of nitrogens with one attached hydrogen (secondary N) is 2. The van der Waals surface area contributed by atoms with Crippen molar-refractivity contribution >= 4 is 17.8 Å². The molecule has 3 rings (SSSR count). The highest BCUT2D eigenvalue weighted by molar-refractivity contribution is 6.09. The molecular formula is C17H21N3O6. The van der Waals surface area contributed by atoms with E-state index in [1.165, 1.54) is 7.11 Å². The molecule has 140 valence electrons. The van der Waals surface area contributed by atoms with Gasteiger partial charge in [0.05, 0.1) is 6.61 Å². The number of imide groups is 1. The first kappa shape index (κ1) is 18.0. The number of methoxy groups -OCH3 is 1. The molecule has 9 nitrogen and oxygen atoms in total. The second kappa shape index (κ2) is 6.83. The van der Waals surface area contributed by atoms with Crippen LogP contribution in [0.15, 0.2) is 18.2 Å². The minimum atomic E-state index is -1.28. The molecule has 2 aliphatic heterocycles. The SMILES string of the molecule is COC[C@H](C)NC(=O)CN1C(=O)N[C@@](C)(c2ccc3c(c2)OCO3)C1=O. The number of ether oxygens (including phenoxy) is 3. The summed E-state index contributed by atoms with van der Waals surface area (Å²) >= 11 is 0. The minimum Gasteiger partial charge on any atom is -0.454 e. The summed E-state index contributed by atoms with van der Waals surface area (Å²) in [5, 5.41) is 5.33. The maximum Gasteiger partial charge on any atom is 0.325 e. The highest BCUT2D eigenvalue weighted by atomic mass is 16.7. The zero-order valence-electron chi connectivity index (χ0n) is 14.8. The number of fused-ring (bicyclic) bond motifs is 1. The summed E-state index contributed by atoms with van der Waals surface area (Å²) in [5.74, 6) is 0.150. The predicted octanol–water partition coefficient (Wildman–Crippen LogP) is 0.333. The summed E-state index contributed by atoms with van der Waals surface area (Å²) in [6.07, 6.45) is 0. The van der Waals surface area contributed by atoms with Gasteiger partial charge in [-0.3, -0.25) is 14.5 Å². The Morgan fingerprint density at radius 1 is 1.38 bits per heavy atom. The van der Waals surface area contributed by atoms with Crippen LogP contribution in [0.5, 0.6) is 11.5 Å². The van der Waals surface area contributed by atoms with Crippen LogP contribution in [0.3, 0.4) is 0 Å². The molecule has 0 aliphatic carbocycles. The van der Waals surface area contributed by atoms with E-state index in [0.29, 0.717) is 23.7 Å². The summed E-state index contributed by atoms with van der Waals surface area (Å²) in [7, 11) is 1.52. The van der Waals surface area contributed by atoms with Crippen LogP contribution in [0.4, 0.5) is 4.79 Å². The van der Waals surface area contributed by atoms with E-state index in [9.17, 15) is 14.4 Å². The van der Waals surface area contributed by atoms with Gasteiger partial charge < -0.3 is 24.8 Å². The van der Waals surface area contributed by atoms with Gasteiger partial charge in [0.25, 0.3) is 5.91 Å². The standard InChI is InChI=1S/C17H21N3O6/c1-10(8-24-3)18-14(21)7-20-15(22)17(2,19-16(20)23)11-4-5-12-13(6-11)26-9-25-12/h4-6,10H,7-9H2,1-3H3,(H,18,21)(H,19,23)/t10-,17-/m0/s1. The number of carbonyl (C=O) groups excluding carboxylic acids is 3. The molecule has 0 bridgehead atoms. The molecule has 1 fully saturated rings. The molecule has 1 saturated heterocycles. The summed E-state index contributed by atoms with van der Waals surface area (Å²) in [6.45, 7) is 3.45. The van der Waals surface area contributed by atoms with Crippen LogP contribution in [-0.2, 0) is 19.9 Å². The Labute approximate surface area is 150 Å². The normalized spacial score (nSPS) is 22.3. The second-order valence-corrected chi connectivity index (χ2v) is 6.44. The van der Waals surface area contributed by atoms with Crippen molar-refractivity contribution in [1.82, 2.24) is 15.5 Å². The van der Waals surface area contributed by atoms with E-state index in [4.69, 9.17) is 14.2 Å². The molecule has 9 heteroatoms. The van der Waals surface area contributed by atoms with Crippen LogP contribution in [0.25, 0.3) is 0 Å². The predicted molar refractivity (Wildman–Crippen MR) is 89.6 cm³/mol. The highest BCUT2D eigenvalue weighted by Gasteiger charge is 2.49. The van der Waals surface area contributed by atoms with Gasteiger partial charge >= 0.3 is 6.03 Å². The molecule has 0 aromatic heterocycles. The van der Waals surface area contributed by atoms with E-state index in [2.05, 4.69) is 10.6 Å². The monoisotopic (exact) mass is 363 g/mol. The Morgan fingerprint density at radius 2 is 2.12 bits per heavy atom. The Balaban J connectivity index is 1.74. The van der Waals surface area contributed by atoms with E-state index in [-0.39, 0.29) is 19.4 Å². The fourth-order valence-corrected chi connectivity index (χ4v) is 3.00. The number of hydrogen-bond acceptors (Lipinski definition) is 6. The third-order valence-corrected chi connectivity index (χ3v) is 4.35. The van der Waals surface area contributed by atoms with E-state index in [1.54, 1.807) is 32.0 Å². The quantitative estimate of drug-likeness (QED) is 0.706. The van der Waals surface area contributed by atoms with Gasteiger partial charge in [0.15, 0.2) is 11.5 Å². The molecule has 1 aromatic carbocycles. The van der Waals surface area contributed by atoms with Crippen LogP contribution >= 0.6 is 0 Å². The van der Waals surface area contributed by atoms with Crippen LogP contribution < -0.4 is 20.1 Å². The number of amides is 4. The van der Waals surface area contributed by atoms with Gasteiger partial charge in [0.2, 0.25) is 12.7 Å². The molecule has 2 aliphatic rings. The van der Waals surface area contributed by atoms with Crippen molar-refractivity contribution < 1.29 is 28.6 Å². The van der Waals surface area contributed by atoms with Gasteiger partial charge in [-0.1, -0.05) is 6.07 Å². The van der Waals surface area contributed by atoms with Crippen LogP contribution in [0, 0.1) is 0 Å². The van der Waals surface area contributed by atoms with E-state index < -0.39 is 23.4 Å². The number of urea groups is 1. The summed E-state index contributed by atoms with van der Waals surface area (Å²) in [4.78, 5) is 38.1. The van der Waals surface area contributed by atoms with Crippen LogP contribution in [0.2, 0.25) is 0 Å². The first-order valence-corrected chi connectivity index (χ1v) is 8.17. The summed E-state index contributed by atoms with van der Waals surface area (Å²) in [6, 6.07) is 4.18. The lowest BCUT2D eigenvalue weighted by Gasteiger charge is -2.22. The van der Waals surface area contributed by atoms with Crippen LogP contribution in [0.1, 0.15) is 19.4 Å². The Morgan fingerprint density at radius 3 is 2.85 bits per heavy atom. The number of nitrogens with zero attached hydrogens (tertiary/aromatic N) is 1. The van der Waals surface area contributed by atoms with Crippen molar-refractivity contribution in [1.29, 1.82) is 0 Å². The Hall–Kier alpha value is -2.81. The van der Waals surface area contributed by atoms with Crippen molar-refractivity contribution in [2.45, 2.75) is 25.4 Å². The van der Waals surface area contributed by atoms with Gasteiger partial charge in [-0.15, -0.1) is 0 Å². The van der Waals surface area contributed by atoms with Crippen molar-refractivity contribution in [2.75, 3.05) is 27.1 Å². The van der Waals surface area contributed by atoms with E-state index >= 15 is 0 Å². The van der Waals surface area contributed by atoms with Crippen molar-refractivity contribution in [3.05, 3.63) is 23.8 Å². The zero-order valence-corrected chi connectivity index (χ0v) is 14.8. The van der Waals surface area contributed by atoms with Crippen LogP contribution in [-0.4, -0.2) is 55.8 Å². The maximum atomic E-state index is 12.9. The average molecular weight is 363 g/mol. The first-order valence-electron chi connectivity index (χ1n) is 8.17. The maximum absolute atomic E-state index is 12.9. The molecule has 26 heavy (non-hydrogen) atoms. The Bertz CT molecular complexity index is 752. The molecular weight excluding hydrogens is 342 g/mol. The molecule has 0 radical (unpaired) electrons. The smallest absolute Gasteiger partial charge is 0.325 e. The average Bonchev–Trinajstić information content (AvgIpc) is 3.13. The van der Waals surface area contributed by atoms with Gasteiger partial charge in [-0.05, 0) is 31.5 Å². The first-order chi connectivity index (χ1) is 12.3. The van der Waals surface area contributed by atoms with E-state index in [0.717, 1.165) is 4.90 Å². The summed E-state index contributed by atoms with van der Waals surface area (Å²) in [5.41, 5.74) is -0.730. The largest absolute Gasteiger partial charge is 0.454 e. The van der Waals surface area contributed by atoms with Gasteiger partial charge in [-0.25, -0.2) is 4.79 Å². The number of hydrogen-bond donors (Lipinski definition) is 2. The van der Waals surface area contributed by atoms with E-state index in [1.807, 2.05) is 0 Å². The molecule has 0 spiro atoms. The van der Waals surface area contributed by atoms with Gasteiger partial charge in [0.1, 0.15) is 12.1 Å². The fourth-order valence-electron chi connectivity index (χ4n) is 3.00. The van der Waals surface area contributed by atoms with Gasteiger partial charge in [-0.2, -0.15) is 0 Å². The highest BCUT2D eigenvalue weighted by Crippen LogP contribution is 2.37. The zero-order chi connectivity index (χ0) is 18.9. The molecule has 4 amide bonds. The van der Waals surface area contributed by atoms with Crippen molar-refractivity contribution in [3.8, 4) is 11.5 Å². The third kappa shape index (κ3) is 3.17. The number of benzene rings is 1. The molecule has 0 unspecified atom stereocenters. The summed E-state index contributed by atoms with van der Waals surface area (Å²) < 4.78 is 15.5. The topological polar surface area (TPSA) is 106 Å². The molecule has 2 heterocycles. The second-order valence-electron chi connectivity index (χ2n) is 6.44. The molecule has 2 N–H and O–H groups in total. The lowest BCUT2D eigenvalue weighted by molar-refractivity contribution is -0.135. The molecule has 2 atom stereocenters. The fraction of sp³-hybridized carbons (Fsp3) is 0.471. The molecule has 1 aromatic rings. The third-order valence-electron chi connectivity index (χ3n) is 4.35. The van der Waals surface area contributed by atoms with Crippen molar-refractivity contribution in [2.24, 2.45) is 0 Å². The van der Waals surface area contributed by atoms with Crippen molar-refractivity contribution in [3.63, 3.8) is 0 Å². The minimum absolute atomic E-state index is 0.113. The molecule has 0 saturated carbocycles. The number of carbonyl (C=O) groups is 3. The van der Waals surface area contributed by atoms with Gasteiger partial charge in [0, 0.05) is 13.2 Å². The Kier molecular flexibility index (Phi) is 4.73. The lowest BCUT2D eigenvalue weighted by Crippen LogP contribution is -2.45. The number of rotatable bonds is 6. The lowest BCUT2D eigenvalue weighted by atomic mass is 9.91.